The van der Waals surface area contributed by atoms with Gasteiger partial charge in [-0.25, -0.2) is 0 Å². The van der Waals surface area contributed by atoms with Gasteiger partial charge in [0.25, 0.3) is 5.91 Å². The topological polar surface area (TPSA) is 47.6 Å². The zero-order valence-corrected chi connectivity index (χ0v) is 17.1. The van der Waals surface area contributed by atoms with Gasteiger partial charge in [0.15, 0.2) is 11.5 Å². The van der Waals surface area contributed by atoms with E-state index in [1.54, 1.807) is 18.2 Å². The van der Waals surface area contributed by atoms with Crippen molar-refractivity contribution in [1.29, 1.82) is 0 Å². The number of halogens is 1. The average Bonchev–Trinajstić information content (AvgIpc) is 2.69. The highest BCUT2D eigenvalue weighted by Gasteiger charge is 2.12. The Morgan fingerprint density at radius 3 is 2.37 bits per heavy atom. The molecule has 0 bridgehead atoms. The summed E-state index contributed by atoms with van der Waals surface area (Å²) in [4.78, 5) is 12.5. The highest BCUT2D eigenvalue weighted by atomic mass is 127. The lowest BCUT2D eigenvalue weighted by Crippen LogP contribution is -2.12. The predicted molar refractivity (Wildman–Crippen MR) is 115 cm³/mol. The number of carbonyl (C=O) groups is 1. The maximum Gasteiger partial charge on any atom is 0.255 e. The van der Waals surface area contributed by atoms with Gasteiger partial charge in [0.05, 0.1) is 6.61 Å². The molecule has 0 radical (unpaired) electrons. The Morgan fingerprint density at radius 1 is 0.926 bits per heavy atom. The van der Waals surface area contributed by atoms with E-state index in [2.05, 4.69) is 27.9 Å². The number of nitrogens with one attached hydrogen (secondary N) is 1. The quantitative estimate of drug-likeness (QED) is 0.460. The van der Waals surface area contributed by atoms with Crippen molar-refractivity contribution in [2.45, 2.75) is 13.5 Å². The summed E-state index contributed by atoms with van der Waals surface area (Å²) in [5, 5.41) is 2.89. The van der Waals surface area contributed by atoms with Gasteiger partial charge in [0, 0.05) is 14.8 Å². The lowest BCUT2D eigenvalue weighted by molar-refractivity contribution is 0.102. The highest BCUT2D eigenvalue weighted by Crippen LogP contribution is 2.29. The van der Waals surface area contributed by atoms with Gasteiger partial charge in [-0.3, -0.25) is 4.79 Å². The number of ether oxygens (including phenoxy) is 2. The first kappa shape index (κ1) is 19.2. The van der Waals surface area contributed by atoms with Gasteiger partial charge in [-0.05, 0) is 77.5 Å². The summed E-state index contributed by atoms with van der Waals surface area (Å²) < 4.78 is 12.7. The summed E-state index contributed by atoms with van der Waals surface area (Å²) in [5.74, 6) is 0.988. The third-order valence-corrected chi connectivity index (χ3v) is 4.56. The molecule has 1 amide bonds. The number of benzene rings is 3. The van der Waals surface area contributed by atoms with E-state index >= 15 is 0 Å². The number of hydrogen-bond donors (Lipinski definition) is 1. The molecule has 0 aromatic heterocycles. The third-order valence-electron chi connectivity index (χ3n) is 3.84. The van der Waals surface area contributed by atoms with Crippen molar-refractivity contribution >= 4 is 34.2 Å². The van der Waals surface area contributed by atoms with Crippen LogP contribution in [0.5, 0.6) is 11.5 Å². The first-order chi connectivity index (χ1) is 13.2. The standard InChI is InChI=1S/C22H20INO3/c1-2-26-21-14-17(22(25)24-19-11-9-18(23)10-12-19)8-13-20(21)27-15-16-6-4-3-5-7-16/h3-14H,2,15H2,1H3,(H,24,25). The molecule has 0 aliphatic heterocycles. The summed E-state index contributed by atoms with van der Waals surface area (Å²) in [6, 6.07) is 22.8. The van der Waals surface area contributed by atoms with Crippen molar-refractivity contribution in [3.05, 3.63) is 87.5 Å². The van der Waals surface area contributed by atoms with Gasteiger partial charge < -0.3 is 14.8 Å². The van der Waals surface area contributed by atoms with Crippen LogP contribution in [0.4, 0.5) is 5.69 Å². The summed E-state index contributed by atoms with van der Waals surface area (Å²) in [6.07, 6.45) is 0. The van der Waals surface area contributed by atoms with Crippen molar-refractivity contribution in [1.82, 2.24) is 0 Å². The van der Waals surface area contributed by atoms with Crippen molar-refractivity contribution < 1.29 is 14.3 Å². The summed E-state index contributed by atoms with van der Waals surface area (Å²) in [6.45, 7) is 2.83. The first-order valence-corrected chi connectivity index (χ1v) is 9.74. The first-order valence-electron chi connectivity index (χ1n) is 8.66. The van der Waals surface area contributed by atoms with Gasteiger partial charge in [0.1, 0.15) is 6.61 Å². The van der Waals surface area contributed by atoms with Crippen LogP contribution in [0.15, 0.2) is 72.8 Å². The third kappa shape index (κ3) is 5.47. The average molecular weight is 473 g/mol. The maximum absolute atomic E-state index is 12.5. The zero-order valence-electron chi connectivity index (χ0n) is 14.9. The summed E-state index contributed by atoms with van der Waals surface area (Å²) in [5.41, 5.74) is 2.34. The fourth-order valence-corrected chi connectivity index (χ4v) is 2.87. The van der Waals surface area contributed by atoms with E-state index in [0.29, 0.717) is 30.3 Å². The van der Waals surface area contributed by atoms with E-state index < -0.39 is 0 Å². The fourth-order valence-electron chi connectivity index (χ4n) is 2.51. The Kier molecular flexibility index (Phi) is 6.70. The Morgan fingerprint density at radius 2 is 1.67 bits per heavy atom. The molecule has 3 aromatic carbocycles. The second-order valence-electron chi connectivity index (χ2n) is 5.83. The predicted octanol–water partition coefficient (Wildman–Crippen LogP) is 5.52. The lowest BCUT2D eigenvalue weighted by atomic mass is 10.1. The van der Waals surface area contributed by atoms with Crippen molar-refractivity contribution in [2.75, 3.05) is 11.9 Å². The van der Waals surface area contributed by atoms with Crippen molar-refractivity contribution in [3.8, 4) is 11.5 Å². The minimum absolute atomic E-state index is 0.188. The summed E-state index contributed by atoms with van der Waals surface area (Å²) >= 11 is 2.23. The van der Waals surface area contributed by atoms with E-state index in [-0.39, 0.29) is 5.91 Å². The van der Waals surface area contributed by atoms with E-state index in [1.807, 2.05) is 61.5 Å². The normalized spacial score (nSPS) is 10.3. The molecule has 138 valence electrons. The minimum Gasteiger partial charge on any atom is -0.490 e. The van der Waals surface area contributed by atoms with Crippen LogP contribution in [0.1, 0.15) is 22.8 Å². The zero-order chi connectivity index (χ0) is 19.1. The van der Waals surface area contributed by atoms with Gasteiger partial charge in [0.2, 0.25) is 0 Å². The van der Waals surface area contributed by atoms with Crippen LogP contribution in [0.2, 0.25) is 0 Å². The largest absolute Gasteiger partial charge is 0.490 e. The second-order valence-corrected chi connectivity index (χ2v) is 7.08. The Balaban J connectivity index is 1.73. The summed E-state index contributed by atoms with van der Waals surface area (Å²) in [7, 11) is 0. The molecule has 0 heterocycles. The highest BCUT2D eigenvalue weighted by molar-refractivity contribution is 14.1. The minimum atomic E-state index is -0.188. The molecule has 3 aromatic rings. The molecule has 0 unspecified atom stereocenters. The Labute approximate surface area is 172 Å². The van der Waals surface area contributed by atoms with Crippen LogP contribution in [0.3, 0.4) is 0 Å². The fraction of sp³-hybridized carbons (Fsp3) is 0.136. The number of hydrogen-bond acceptors (Lipinski definition) is 3. The molecule has 1 N–H and O–H groups in total. The van der Waals surface area contributed by atoms with E-state index in [4.69, 9.17) is 9.47 Å². The molecule has 0 fully saturated rings. The van der Waals surface area contributed by atoms with E-state index in [1.165, 1.54) is 0 Å². The number of amides is 1. The molecular weight excluding hydrogens is 453 g/mol. The monoisotopic (exact) mass is 473 g/mol. The van der Waals surface area contributed by atoms with Crippen LogP contribution in [0.25, 0.3) is 0 Å². The van der Waals surface area contributed by atoms with Crippen LogP contribution in [-0.2, 0) is 6.61 Å². The molecule has 27 heavy (non-hydrogen) atoms. The number of carbonyl (C=O) groups excluding carboxylic acids is 1. The SMILES string of the molecule is CCOc1cc(C(=O)Nc2ccc(I)cc2)ccc1OCc1ccccc1. The van der Waals surface area contributed by atoms with Gasteiger partial charge in [-0.2, -0.15) is 0 Å². The molecule has 3 rings (SSSR count). The van der Waals surface area contributed by atoms with E-state index in [9.17, 15) is 4.79 Å². The lowest BCUT2D eigenvalue weighted by Gasteiger charge is -2.13. The molecule has 0 saturated carbocycles. The van der Waals surface area contributed by atoms with Crippen molar-refractivity contribution in [3.63, 3.8) is 0 Å². The van der Waals surface area contributed by atoms with Gasteiger partial charge >= 0.3 is 0 Å². The second kappa shape index (κ2) is 9.41. The number of anilines is 1. The van der Waals surface area contributed by atoms with Crippen LogP contribution >= 0.6 is 22.6 Å². The van der Waals surface area contributed by atoms with Crippen LogP contribution < -0.4 is 14.8 Å². The molecule has 4 nitrogen and oxygen atoms in total. The van der Waals surface area contributed by atoms with Gasteiger partial charge in [-0.1, -0.05) is 30.3 Å². The van der Waals surface area contributed by atoms with Crippen LogP contribution in [-0.4, -0.2) is 12.5 Å². The molecule has 0 atom stereocenters. The Bertz CT molecular complexity index is 895. The molecule has 5 heteroatoms. The molecule has 0 spiro atoms. The van der Waals surface area contributed by atoms with Gasteiger partial charge in [-0.15, -0.1) is 0 Å². The van der Waals surface area contributed by atoms with Crippen molar-refractivity contribution in [2.24, 2.45) is 0 Å². The molecular formula is C22H20INO3. The smallest absolute Gasteiger partial charge is 0.255 e. The molecule has 0 saturated heterocycles. The van der Waals surface area contributed by atoms with E-state index in [0.717, 1.165) is 14.8 Å². The molecule has 0 aliphatic rings. The Hall–Kier alpha value is -2.54. The maximum atomic E-state index is 12.5. The van der Waals surface area contributed by atoms with Crippen LogP contribution in [0, 0.1) is 3.57 Å². The number of rotatable bonds is 7. The molecule has 0 aliphatic carbocycles.